The molecule has 8 heteroatoms. The second-order valence-corrected chi connectivity index (χ2v) is 4.63. The summed E-state index contributed by atoms with van der Waals surface area (Å²) in [4.78, 5) is 11.7. The van der Waals surface area contributed by atoms with Crippen LogP contribution in [-0.4, -0.2) is 22.7 Å². The average molecular weight is 314 g/mol. The molecule has 1 atom stereocenters. The van der Waals surface area contributed by atoms with Crippen LogP contribution in [0.2, 0.25) is 0 Å². The van der Waals surface area contributed by atoms with Crippen LogP contribution in [0.5, 0.6) is 0 Å². The number of aromatic nitrogens is 1. The Bertz CT molecular complexity index is 667. The van der Waals surface area contributed by atoms with Crippen molar-refractivity contribution in [3.8, 4) is 0 Å². The van der Waals surface area contributed by atoms with Gasteiger partial charge in [-0.2, -0.15) is 13.2 Å². The van der Waals surface area contributed by atoms with E-state index in [9.17, 15) is 23.1 Å². The van der Waals surface area contributed by atoms with Crippen molar-refractivity contribution in [2.24, 2.45) is 0 Å². The summed E-state index contributed by atoms with van der Waals surface area (Å²) in [7, 11) is 0. The van der Waals surface area contributed by atoms with Crippen molar-refractivity contribution in [2.45, 2.75) is 19.2 Å². The summed E-state index contributed by atoms with van der Waals surface area (Å²) in [6.07, 6.45) is -6.07. The fraction of sp³-hybridized carbons (Fsp3) is 0.286. The Hall–Kier alpha value is -2.35. The number of halogens is 3. The van der Waals surface area contributed by atoms with Gasteiger partial charge < -0.3 is 14.9 Å². The zero-order valence-electron chi connectivity index (χ0n) is 11.5. The summed E-state index contributed by atoms with van der Waals surface area (Å²) in [5.41, 5.74) is -1.24. The Morgan fingerprint density at radius 2 is 2.09 bits per heavy atom. The zero-order valence-corrected chi connectivity index (χ0v) is 11.5. The number of benzene rings is 1. The van der Waals surface area contributed by atoms with Crippen LogP contribution in [0.4, 0.5) is 13.2 Å². The fourth-order valence-corrected chi connectivity index (χ4v) is 1.91. The molecule has 0 aliphatic carbocycles. The van der Waals surface area contributed by atoms with Gasteiger partial charge in [-0.15, -0.1) is 0 Å². The molecule has 2 rings (SSSR count). The number of aliphatic hydroxyl groups excluding tert-OH is 1. The highest BCUT2D eigenvalue weighted by Gasteiger charge is 2.34. The molecule has 1 aromatic heterocycles. The number of aliphatic hydroxyl groups is 1. The molecule has 1 heterocycles. The SMILES string of the molecule is Cc1cc(C(=O)NC[C@@H](O)c2ccccc2C(F)(F)F)no1. The summed E-state index contributed by atoms with van der Waals surface area (Å²) in [6, 6.07) is 6.04. The highest BCUT2D eigenvalue weighted by Crippen LogP contribution is 2.34. The number of carbonyl (C=O) groups is 1. The lowest BCUT2D eigenvalue weighted by Gasteiger charge is -2.17. The van der Waals surface area contributed by atoms with Gasteiger partial charge in [-0.1, -0.05) is 23.4 Å². The lowest BCUT2D eigenvalue weighted by molar-refractivity contribution is -0.139. The monoisotopic (exact) mass is 314 g/mol. The molecule has 0 radical (unpaired) electrons. The van der Waals surface area contributed by atoms with E-state index in [0.717, 1.165) is 6.07 Å². The van der Waals surface area contributed by atoms with E-state index in [4.69, 9.17) is 4.52 Å². The van der Waals surface area contributed by atoms with Crippen LogP contribution in [0.15, 0.2) is 34.9 Å². The summed E-state index contributed by atoms with van der Waals surface area (Å²) in [5, 5.41) is 15.7. The van der Waals surface area contributed by atoms with Gasteiger partial charge in [-0.3, -0.25) is 4.79 Å². The molecule has 118 valence electrons. The molecule has 1 aromatic carbocycles. The minimum Gasteiger partial charge on any atom is -0.387 e. The first-order valence-corrected chi connectivity index (χ1v) is 6.34. The number of rotatable bonds is 4. The maximum absolute atomic E-state index is 12.9. The molecule has 0 saturated carbocycles. The van der Waals surface area contributed by atoms with Crippen molar-refractivity contribution in [2.75, 3.05) is 6.54 Å². The molecule has 0 aliphatic rings. The van der Waals surface area contributed by atoms with Gasteiger partial charge in [0.1, 0.15) is 5.76 Å². The predicted octanol–water partition coefficient (Wildman–Crippen LogP) is 2.47. The topological polar surface area (TPSA) is 75.4 Å². The van der Waals surface area contributed by atoms with Crippen molar-refractivity contribution in [1.82, 2.24) is 10.5 Å². The highest BCUT2D eigenvalue weighted by molar-refractivity contribution is 5.92. The number of alkyl halides is 3. The zero-order chi connectivity index (χ0) is 16.3. The van der Waals surface area contributed by atoms with Crippen LogP contribution in [0.1, 0.15) is 33.5 Å². The third-order valence-electron chi connectivity index (χ3n) is 2.94. The number of hydrogen-bond acceptors (Lipinski definition) is 4. The lowest BCUT2D eigenvalue weighted by atomic mass is 10.0. The first kappa shape index (κ1) is 16.0. The Morgan fingerprint density at radius 1 is 1.41 bits per heavy atom. The van der Waals surface area contributed by atoms with Crippen LogP contribution >= 0.6 is 0 Å². The number of nitrogens with zero attached hydrogens (tertiary/aromatic N) is 1. The van der Waals surface area contributed by atoms with Crippen LogP contribution in [0.25, 0.3) is 0 Å². The molecule has 2 N–H and O–H groups in total. The third-order valence-corrected chi connectivity index (χ3v) is 2.94. The third kappa shape index (κ3) is 3.64. The molecule has 0 bridgehead atoms. The Kier molecular flexibility index (Phi) is 4.51. The van der Waals surface area contributed by atoms with Gasteiger partial charge in [0.05, 0.1) is 11.7 Å². The van der Waals surface area contributed by atoms with Gasteiger partial charge >= 0.3 is 6.18 Å². The number of carbonyl (C=O) groups excluding carboxylic acids is 1. The normalized spacial score (nSPS) is 13.0. The number of amides is 1. The molecule has 0 fully saturated rings. The summed E-state index contributed by atoms with van der Waals surface area (Å²) < 4.78 is 43.3. The molecule has 2 aromatic rings. The molecule has 0 aliphatic heterocycles. The second kappa shape index (κ2) is 6.18. The summed E-state index contributed by atoms with van der Waals surface area (Å²) in [6.45, 7) is 1.22. The van der Waals surface area contributed by atoms with Crippen molar-refractivity contribution >= 4 is 5.91 Å². The maximum Gasteiger partial charge on any atom is 0.416 e. The van der Waals surface area contributed by atoms with Gasteiger partial charge in [-0.05, 0) is 18.6 Å². The smallest absolute Gasteiger partial charge is 0.387 e. The average Bonchev–Trinajstić information content (AvgIpc) is 2.90. The van der Waals surface area contributed by atoms with E-state index in [0.29, 0.717) is 5.76 Å². The van der Waals surface area contributed by atoms with E-state index in [2.05, 4.69) is 10.5 Å². The van der Waals surface area contributed by atoms with Crippen LogP contribution in [0, 0.1) is 6.92 Å². The lowest BCUT2D eigenvalue weighted by Crippen LogP contribution is -2.29. The maximum atomic E-state index is 12.9. The molecular formula is C14H13F3N2O3. The fourth-order valence-electron chi connectivity index (χ4n) is 1.91. The summed E-state index contributed by atoms with van der Waals surface area (Å²) >= 11 is 0. The first-order valence-electron chi connectivity index (χ1n) is 6.34. The quantitative estimate of drug-likeness (QED) is 0.909. The number of aryl methyl sites for hydroxylation is 1. The molecule has 1 amide bonds. The molecular weight excluding hydrogens is 301 g/mol. The van der Waals surface area contributed by atoms with Gasteiger partial charge in [0.25, 0.3) is 5.91 Å². The molecule has 0 unspecified atom stereocenters. The standard InChI is InChI=1S/C14H13F3N2O3/c1-8-6-11(19-22-8)13(21)18-7-12(20)9-4-2-3-5-10(9)14(15,16)17/h2-6,12,20H,7H2,1H3,(H,18,21)/t12-/m1/s1. The highest BCUT2D eigenvalue weighted by atomic mass is 19.4. The van der Waals surface area contributed by atoms with Gasteiger partial charge in [0.2, 0.25) is 0 Å². The summed E-state index contributed by atoms with van der Waals surface area (Å²) in [5.74, 6) is -0.214. The largest absolute Gasteiger partial charge is 0.416 e. The predicted molar refractivity (Wildman–Crippen MR) is 70.0 cm³/mol. The van der Waals surface area contributed by atoms with Gasteiger partial charge in [-0.25, -0.2) is 0 Å². The van der Waals surface area contributed by atoms with E-state index in [1.54, 1.807) is 6.92 Å². The van der Waals surface area contributed by atoms with Crippen molar-refractivity contribution in [1.29, 1.82) is 0 Å². The first-order chi connectivity index (χ1) is 10.3. The Morgan fingerprint density at radius 3 is 2.68 bits per heavy atom. The van der Waals surface area contributed by atoms with E-state index in [-0.39, 0.29) is 17.8 Å². The van der Waals surface area contributed by atoms with Crippen LogP contribution < -0.4 is 5.32 Å². The minimum absolute atomic E-state index is 0.00573. The van der Waals surface area contributed by atoms with Crippen molar-refractivity contribution < 1.29 is 27.6 Å². The number of hydrogen-bond donors (Lipinski definition) is 2. The van der Waals surface area contributed by atoms with E-state index >= 15 is 0 Å². The molecule has 0 saturated heterocycles. The van der Waals surface area contributed by atoms with E-state index in [1.165, 1.54) is 24.3 Å². The Balaban J connectivity index is 2.07. The van der Waals surface area contributed by atoms with Gasteiger partial charge in [0, 0.05) is 12.6 Å². The van der Waals surface area contributed by atoms with Gasteiger partial charge in [0.15, 0.2) is 5.69 Å². The van der Waals surface area contributed by atoms with E-state index in [1.807, 2.05) is 0 Å². The molecule has 5 nitrogen and oxygen atoms in total. The Labute approximate surface area is 123 Å². The van der Waals surface area contributed by atoms with Crippen molar-refractivity contribution in [3.05, 3.63) is 52.9 Å². The molecule has 22 heavy (non-hydrogen) atoms. The second-order valence-electron chi connectivity index (χ2n) is 4.63. The van der Waals surface area contributed by atoms with Crippen LogP contribution in [-0.2, 0) is 6.18 Å². The van der Waals surface area contributed by atoms with Crippen molar-refractivity contribution in [3.63, 3.8) is 0 Å². The minimum atomic E-state index is -4.58. The van der Waals surface area contributed by atoms with Crippen LogP contribution in [0.3, 0.4) is 0 Å². The molecule has 0 spiro atoms. The van der Waals surface area contributed by atoms with E-state index < -0.39 is 23.8 Å². The number of nitrogens with one attached hydrogen (secondary N) is 1.